The standard InChI is InChI=1S/C18H19BrF2N4O2/c1-3-18(20,21)17(27)25-8-10(2)14(9-25)24-16(26)13-5-4-11-6-22-7-12(19)15(11)23-13/h4-7,10,14H,3,8-9H2,1-2H3,(H,24,26)/t10-,14+/m1/s1. The summed E-state index contributed by atoms with van der Waals surface area (Å²) >= 11 is 3.36. The molecule has 1 N–H and O–H groups in total. The van der Waals surface area contributed by atoms with Gasteiger partial charge in [0.2, 0.25) is 0 Å². The largest absolute Gasteiger partial charge is 0.346 e. The molecule has 2 amide bonds. The van der Waals surface area contributed by atoms with Crippen LogP contribution in [-0.2, 0) is 4.79 Å². The van der Waals surface area contributed by atoms with Crippen molar-refractivity contribution < 1.29 is 18.4 Å². The highest BCUT2D eigenvalue weighted by Gasteiger charge is 2.44. The van der Waals surface area contributed by atoms with Crippen LogP contribution in [-0.4, -0.2) is 51.7 Å². The Kier molecular flexibility index (Phi) is 5.41. The van der Waals surface area contributed by atoms with Crippen LogP contribution in [0.5, 0.6) is 0 Å². The molecule has 2 aromatic rings. The Morgan fingerprint density at radius 3 is 2.78 bits per heavy atom. The Morgan fingerprint density at radius 2 is 2.07 bits per heavy atom. The van der Waals surface area contributed by atoms with Crippen LogP contribution >= 0.6 is 15.9 Å². The number of nitrogens with one attached hydrogen (secondary N) is 1. The number of likely N-dealkylation sites (tertiary alicyclic amines) is 1. The number of aromatic nitrogens is 2. The molecule has 1 aliphatic rings. The molecule has 0 aliphatic carbocycles. The molecule has 0 aromatic carbocycles. The van der Waals surface area contributed by atoms with Crippen molar-refractivity contribution >= 4 is 38.6 Å². The molecule has 0 bridgehead atoms. The third-order valence-electron chi connectivity index (χ3n) is 4.76. The van der Waals surface area contributed by atoms with E-state index in [1.807, 2.05) is 6.92 Å². The fourth-order valence-electron chi connectivity index (χ4n) is 3.08. The molecule has 9 heteroatoms. The van der Waals surface area contributed by atoms with Crippen LogP contribution in [0.3, 0.4) is 0 Å². The van der Waals surface area contributed by atoms with Crippen molar-refractivity contribution in [3.63, 3.8) is 0 Å². The molecule has 1 fully saturated rings. The van der Waals surface area contributed by atoms with Crippen molar-refractivity contribution in [2.75, 3.05) is 13.1 Å². The first-order valence-electron chi connectivity index (χ1n) is 8.61. The Labute approximate surface area is 163 Å². The lowest BCUT2D eigenvalue weighted by Gasteiger charge is -2.22. The van der Waals surface area contributed by atoms with Crippen molar-refractivity contribution in [1.82, 2.24) is 20.2 Å². The molecule has 2 atom stereocenters. The third kappa shape index (κ3) is 3.92. The van der Waals surface area contributed by atoms with Gasteiger partial charge in [0, 0.05) is 37.3 Å². The fraction of sp³-hybridized carbons (Fsp3) is 0.444. The van der Waals surface area contributed by atoms with Crippen LogP contribution in [0.25, 0.3) is 10.9 Å². The minimum atomic E-state index is -3.38. The summed E-state index contributed by atoms with van der Waals surface area (Å²) < 4.78 is 28.0. The van der Waals surface area contributed by atoms with Gasteiger partial charge in [0.1, 0.15) is 5.69 Å². The number of fused-ring (bicyclic) bond motifs is 1. The first-order chi connectivity index (χ1) is 12.7. The molecule has 1 aliphatic heterocycles. The Morgan fingerprint density at radius 1 is 1.33 bits per heavy atom. The summed E-state index contributed by atoms with van der Waals surface area (Å²) in [6.45, 7) is 3.33. The molecule has 0 saturated carbocycles. The summed E-state index contributed by atoms with van der Waals surface area (Å²) in [5.41, 5.74) is 0.821. The Hall–Kier alpha value is -2.16. The van der Waals surface area contributed by atoms with Crippen LogP contribution in [0.4, 0.5) is 8.78 Å². The van der Waals surface area contributed by atoms with Crippen molar-refractivity contribution in [2.45, 2.75) is 32.2 Å². The predicted octanol–water partition coefficient (Wildman–Crippen LogP) is 3.01. The maximum atomic E-state index is 13.7. The van der Waals surface area contributed by atoms with E-state index in [2.05, 4.69) is 31.2 Å². The average Bonchev–Trinajstić information content (AvgIpc) is 3.01. The number of hydrogen-bond acceptors (Lipinski definition) is 4. The number of amides is 2. The first kappa shape index (κ1) is 19.6. The molecule has 27 heavy (non-hydrogen) atoms. The highest BCUT2D eigenvalue weighted by Crippen LogP contribution is 2.26. The van der Waals surface area contributed by atoms with Gasteiger partial charge in [-0.2, -0.15) is 8.78 Å². The summed E-state index contributed by atoms with van der Waals surface area (Å²) in [6.07, 6.45) is 2.69. The second-order valence-corrected chi connectivity index (χ2v) is 7.57. The lowest BCUT2D eigenvalue weighted by molar-refractivity contribution is -0.156. The van der Waals surface area contributed by atoms with E-state index in [1.54, 1.807) is 24.5 Å². The molecule has 3 heterocycles. The predicted molar refractivity (Wildman–Crippen MR) is 99.5 cm³/mol. The number of hydrogen-bond donors (Lipinski definition) is 1. The minimum absolute atomic E-state index is 0.0581. The lowest BCUT2D eigenvalue weighted by atomic mass is 10.1. The van der Waals surface area contributed by atoms with Crippen LogP contribution in [0.1, 0.15) is 30.8 Å². The number of halogens is 3. The van der Waals surface area contributed by atoms with E-state index < -0.39 is 30.2 Å². The summed E-state index contributed by atoms with van der Waals surface area (Å²) in [7, 11) is 0. The molecular weight excluding hydrogens is 422 g/mol. The van der Waals surface area contributed by atoms with Gasteiger partial charge >= 0.3 is 5.92 Å². The number of pyridine rings is 2. The number of carbonyl (C=O) groups is 2. The highest BCUT2D eigenvalue weighted by atomic mass is 79.9. The fourth-order valence-corrected chi connectivity index (χ4v) is 3.52. The van der Waals surface area contributed by atoms with Gasteiger partial charge in [-0.05, 0) is 34.0 Å². The van der Waals surface area contributed by atoms with Crippen molar-refractivity contribution in [1.29, 1.82) is 0 Å². The van der Waals surface area contributed by atoms with Crippen molar-refractivity contribution in [3.8, 4) is 0 Å². The normalized spacial score (nSPS) is 20.1. The van der Waals surface area contributed by atoms with Crippen LogP contribution < -0.4 is 5.32 Å². The first-order valence-corrected chi connectivity index (χ1v) is 9.40. The van der Waals surface area contributed by atoms with E-state index in [0.29, 0.717) is 9.99 Å². The SMILES string of the molecule is CCC(F)(F)C(=O)N1C[C@@H](C)[C@@H](NC(=O)c2ccc3cncc(Br)c3n2)C1. The van der Waals surface area contributed by atoms with Crippen molar-refractivity contribution in [3.05, 3.63) is 34.7 Å². The zero-order valence-electron chi connectivity index (χ0n) is 14.9. The number of nitrogens with zero attached hydrogens (tertiary/aromatic N) is 3. The van der Waals surface area contributed by atoms with Gasteiger partial charge in [-0.1, -0.05) is 13.8 Å². The van der Waals surface area contributed by atoms with E-state index >= 15 is 0 Å². The lowest BCUT2D eigenvalue weighted by Crippen LogP contribution is -2.44. The summed E-state index contributed by atoms with van der Waals surface area (Å²) in [5, 5.41) is 3.60. The maximum absolute atomic E-state index is 13.7. The van der Waals surface area contributed by atoms with Gasteiger partial charge in [0.05, 0.1) is 16.0 Å². The number of rotatable bonds is 4. The topological polar surface area (TPSA) is 75.2 Å². The molecule has 0 unspecified atom stereocenters. The molecule has 6 nitrogen and oxygen atoms in total. The minimum Gasteiger partial charge on any atom is -0.346 e. The van der Waals surface area contributed by atoms with Crippen LogP contribution in [0.2, 0.25) is 0 Å². The quantitative estimate of drug-likeness (QED) is 0.792. The Bertz CT molecular complexity index is 893. The van der Waals surface area contributed by atoms with Gasteiger partial charge in [-0.25, -0.2) is 4.98 Å². The number of carbonyl (C=O) groups excluding carboxylic acids is 2. The van der Waals surface area contributed by atoms with E-state index in [9.17, 15) is 18.4 Å². The van der Waals surface area contributed by atoms with E-state index in [-0.39, 0.29) is 24.7 Å². The highest BCUT2D eigenvalue weighted by molar-refractivity contribution is 9.10. The number of alkyl halides is 2. The monoisotopic (exact) mass is 440 g/mol. The zero-order chi connectivity index (χ0) is 19.8. The molecule has 144 valence electrons. The summed E-state index contributed by atoms with van der Waals surface area (Å²) in [5.74, 6) is -5.11. The van der Waals surface area contributed by atoms with Gasteiger partial charge in [-0.3, -0.25) is 14.6 Å². The summed E-state index contributed by atoms with van der Waals surface area (Å²) in [4.78, 5) is 34.1. The third-order valence-corrected chi connectivity index (χ3v) is 5.34. The van der Waals surface area contributed by atoms with Crippen molar-refractivity contribution in [2.24, 2.45) is 5.92 Å². The average molecular weight is 441 g/mol. The van der Waals surface area contributed by atoms with Gasteiger partial charge in [-0.15, -0.1) is 0 Å². The van der Waals surface area contributed by atoms with E-state index in [4.69, 9.17) is 0 Å². The van der Waals surface area contributed by atoms with E-state index in [0.717, 1.165) is 10.3 Å². The molecule has 1 saturated heterocycles. The molecule has 0 radical (unpaired) electrons. The van der Waals surface area contributed by atoms with Crippen LogP contribution in [0, 0.1) is 5.92 Å². The van der Waals surface area contributed by atoms with Gasteiger partial charge < -0.3 is 10.2 Å². The zero-order valence-corrected chi connectivity index (χ0v) is 16.5. The summed E-state index contributed by atoms with van der Waals surface area (Å²) in [6, 6.07) is 2.91. The second-order valence-electron chi connectivity index (χ2n) is 6.71. The van der Waals surface area contributed by atoms with Gasteiger partial charge in [0.25, 0.3) is 11.8 Å². The molecular formula is C18H19BrF2N4O2. The smallest absolute Gasteiger partial charge is 0.324 e. The Balaban J connectivity index is 1.73. The second kappa shape index (κ2) is 7.46. The van der Waals surface area contributed by atoms with Crippen LogP contribution in [0.15, 0.2) is 29.0 Å². The maximum Gasteiger partial charge on any atom is 0.324 e. The molecule has 0 spiro atoms. The van der Waals surface area contributed by atoms with E-state index in [1.165, 1.54) is 6.92 Å². The van der Waals surface area contributed by atoms with Gasteiger partial charge in [0.15, 0.2) is 0 Å². The molecule has 3 rings (SSSR count). The molecule has 2 aromatic heterocycles.